The van der Waals surface area contributed by atoms with Crippen molar-refractivity contribution < 1.29 is 0 Å². The normalized spacial score (nSPS) is 20.2. The molecule has 5 nitrogen and oxygen atoms in total. The Morgan fingerprint density at radius 2 is 1.96 bits per heavy atom. The molecule has 2 aliphatic rings. The molecule has 2 fully saturated rings. The smallest absolute Gasteiger partial charge is 0.135 e. The zero-order valence-corrected chi connectivity index (χ0v) is 15.7. The lowest BCUT2D eigenvalue weighted by Crippen LogP contribution is -2.26. The van der Waals surface area contributed by atoms with Gasteiger partial charge in [-0.25, -0.2) is 15.0 Å². The van der Waals surface area contributed by atoms with Crippen LogP contribution in [0.5, 0.6) is 0 Å². The molecule has 6 heteroatoms. The van der Waals surface area contributed by atoms with Crippen molar-refractivity contribution in [1.29, 1.82) is 0 Å². The molecule has 1 saturated heterocycles. The van der Waals surface area contributed by atoms with E-state index in [0.29, 0.717) is 11.1 Å². The van der Waals surface area contributed by atoms with E-state index in [0.717, 1.165) is 48.9 Å². The highest BCUT2D eigenvalue weighted by atomic mass is 35.5. The van der Waals surface area contributed by atoms with Crippen molar-refractivity contribution in [2.75, 3.05) is 11.4 Å². The molecule has 0 amide bonds. The van der Waals surface area contributed by atoms with Crippen LogP contribution >= 0.6 is 11.6 Å². The predicted octanol–water partition coefficient (Wildman–Crippen LogP) is 4.72. The molecule has 2 aromatic heterocycles. The molecular formula is C20H22ClN5. The minimum absolute atomic E-state index is 0.236. The molecule has 0 radical (unpaired) electrons. The number of benzene rings is 1. The summed E-state index contributed by atoms with van der Waals surface area (Å²) in [7, 11) is 0. The van der Waals surface area contributed by atoms with Crippen LogP contribution in [0.25, 0.3) is 11.0 Å². The van der Waals surface area contributed by atoms with Gasteiger partial charge in [0.25, 0.3) is 0 Å². The maximum absolute atomic E-state index is 6.32. The minimum Gasteiger partial charge on any atom is -0.346 e. The summed E-state index contributed by atoms with van der Waals surface area (Å²) in [5, 5.41) is 0.548. The first-order valence-electron chi connectivity index (χ1n) is 9.51. The monoisotopic (exact) mass is 367 g/mol. The Morgan fingerprint density at radius 1 is 1.12 bits per heavy atom. The highest BCUT2D eigenvalue weighted by molar-refractivity contribution is 6.29. The number of anilines is 1. The largest absolute Gasteiger partial charge is 0.346 e. The molecule has 1 aromatic carbocycles. The number of aryl methyl sites for hydroxylation is 1. The van der Waals surface area contributed by atoms with Crippen molar-refractivity contribution in [2.45, 2.75) is 51.1 Å². The molecule has 5 rings (SSSR count). The summed E-state index contributed by atoms with van der Waals surface area (Å²) in [5.41, 5.74) is 2.27. The average molecular weight is 368 g/mol. The number of fused-ring (bicyclic) bond motifs is 1. The van der Waals surface area contributed by atoms with Crippen LogP contribution in [0.15, 0.2) is 30.3 Å². The van der Waals surface area contributed by atoms with E-state index in [9.17, 15) is 0 Å². The molecule has 1 atom stereocenters. The molecule has 1 unspecified atom stereocenters. The van der Waals surface area contributed by atoms with Gasteiger partial charge in [-0.3, -0.25) is 0 Å². The average Bonchev–Trinajstić information content (AvgIpc) is 3.27. The summed E-state index contributed by atoms with van der Waals surface area (Å²) in [6.45, 7) is 4.08. The van der Waals surface area contributed by atoms with Crippen molar-refractivity contribution >= 4 is 28.5 Å². The third kappa shape index (κ3) is 2.65. The van der Waals surface area contributed by atoms with Gasteiger partial charge in [0.2, 0.25) is 0 Å². The quantitative estimate of drug-likeness (QED) is 0.626. The Kier molecular flexibility index (Phi) is 3.85. The summed E-state index contributed by atoms with van der Waals surface area (Å²) in [6.07, 6.45) is 4.57. The second-order valence-electron chi connectivity index (χ2n) is 7.24. The van der Waals surface area contributed by atoms with Gasteiger partial charge in [0.1, 0.15) is 22.6 Å². The van der Waals surface area contributed by atoms with E-state index in [-0.39, 0.29) is 6.04 Å². The highest BCUT2D eigenvalue weighted by Gasteiger charge is 2.33. The first-order valence-corrected chi connectivity index (χ1v) is 9.88. The number of para-hydroxylation sites is 2. The lowest BCUT2D eigenvalue weighted by molar-refractivity contribution is 0.604. The third-order valence-corrected chi connectivity index (χ3v) is 5.68. The Hall–Kier alpha value is -2.14. The maximum atomic E-state index is 6.32. The van der Waals surface area contributed by atoms with Crippen LogP contribution in [-0.4, -0.2) is 26.1 Å². The number of nitrogens with zero attached hydrogens (tertiary/aromatic N) is 5. The minimum atomic E-state index is 0.236. The number of halogens is 1. The lowest BCUT2D eigenvalue weighted by Gasteiger charge is -2.26. The molecule has 3 aromatic rings. The van der Waals surface area contributed by atoms with E-state index < -0.39 is 0 Å². The van der Waals surface area contributed by atoms with Crippen LogP contribution in [0.4, 0.5) is 5.82 Å². The third-order valence-electron chi connectivity index (χ3n) is 5.49. The highest BCUT2D eigenvalue weighted by Crippen LogP contribution is 2.41. The van der Waals surface area contributed by atoms with Gasteiger partial charge in [-0.2, -0.15) is 0 Å². The van der Waals surface area contributed by atoms with Gasteiger partial charge >= 0.3 is 0 Å². The lowest BCUT2D eigenvalue weighted by atomic mass is 10.2. The summed E-state index contributed by atoms with van der Waals surface area (Å²) in [4.78, 5) is 16.6. The van der Waals surface area contributed by atoms with Crippen LogP contribution in [0.1, 0.15) is 56.2 Å². The Bertz CT molecular complexity index is 962. The fourth-order valence-electron chi connectivity index (χ4n) is 4.08. The van der Waals surface area contributed by atoms with Crippen LogP contribution in [0.2, 0.25) is 5.15 Å². The summed E-state index contributed by atoms with van der Waals surface area (Å²) < 4.78 is 2.34. The standard InChI is InChI=1S/C20H22ClN5/c1-2-25-15-7-4-3-6-14(15)22-20(25)16-8-5-11-26(16)18-12-17(21)23-19(24-18)13-9-10-13/h3-4,6-7,12-13,16H,2,5,8-11H2,1H3. The van der Waals surface area contributed by atoms with Crippen LogP contribution in [-0.2, 0) is 6.54 Å². The number of hydrogen-bond acceptors (Lipinski definition) is 4. The van der Waals surface area contributed by atoms with Gasteiger partial charge in [0.05, 0.1) is 17.1 Å². The molecular weight excluding hydrogens is 346 g/mol. The van der Waals surface area contributed by atoms with Gasteiger partial charge < -0.3 is 9.47 Å². The van der Waals surface area contributed by atoms with Gasteiger partial charge in [0.15, 0.2) is 0 Å². The van der Waals surface area contributed by atoms with Gasteiger partial charge in [-0.1, -0.05) is 23.7 Å². The zero-order valence-electron chi connectivity index (χ0n) is 14.9. The molecule has 1 saturated carbocycles. The zero-order chi connectivity index (χ0) is 17.7. The molecule has 0 spiro atoms. The fourth-order valence-corrected chi connectivity index (χ4v) is 4.27. The first kappa shape index (κ1) is 16.1. The van der Waals surface area contributed by atoms with E-state index >= 15 is 0 Å². The van der Waals surface area contributed by atoms with Crippen LogP contribution in [0.3, 0.4) is 0 Å². The molecule has 26 heavy (non-hydrogen) atoms. The molecule has 1 aliphatic carbocycles. The van der Waals surface area contributed by atoms with Gasteiger partial charge in [-0.05, 0) is 44.7 Å². The van der Waals surface area contributed by atoms with E-state index in [4.69, 9.17) is 21.6 Å². The Labute approximate surface area is 158 Å². The second-order valence-corrected chi connectivity index (χ2v) is 7.62. The summed E-state index contributed by atoms with van der Waals surface area (Å²) in [6, 6.07) is 10.5. The van der Waals surface area contributed by atoms with Crippen molar-refractivity contribution in [3.8, 4) is 0 Å². The molecule has 0 N–H and O–H groups in total. The maximum Gasteiger partial charge on any atom is 0.135 e. The van der Waals surface area contributed by atoms with E-state index in [2.05, 4.69) is 45.6 Å². The van der Waals surface area contributed by atoms with E-state index in [1.807, 2.05) is 6.07 Å². The number of rotatable bonds is 4. The first-order chi connectivity index (χ1) is 12.7. The van der Waals surface area contributed by atoms with Crippen LogP contribution in [0, 0.1) is 0 Å². The fraction of sp³-hybridized carbons (Fsp3) is 0.450. The van der Waals surface area contributed by atoms with E-state index in [1.165, 1.54) is 18.4 Å². The topological polar surface area (TPSA) is 46.8 Å². The number of aromatic nitrogens is 4. The van der Waals surface area contributed by atoms with E-state index in [1.54, 1.807) is 0 Å². The molecule has 0 bridgehead atoms. The summed E-state index contributed by atoms with van der Waals surface area (Å²) in [5.74, 6) is 3.48. The van der Waals surface area contributed by atoms with Gasteiger partial charge in [0, 0.05) is 25.1 Å². The Balaban J connectivity index is 1.57. The van der Waals surface area contributed by atoms with Crippen molar-refractivity contribution in [2.24, 2.45) is 0 Å². The molecule has 3 heterocycles. The van der Waals surface area contributed by atoms with Crippen LogP contribution < -0.4 is 4.90 Å². The SMILES string of the molecule is CCn1c(C2CCCN2c2cc(Cl)nc(C3CC3)n2)nc2ccccc21. The molecule has 134 valence electrons. The number of imidazole rings is 1. The van der Waals surface area contributed by atoms with Gasteiger partial charge in [-0.15, -0.1) is 0 Å². The van der Waals surface area contributed by atoms with Crippen molar-refractivity contribution in [3.05, 3.63) is 47.1 Å². The summed E-state index contributed by atoms with van der Waals surface area (Å²) >= 11 is 6.32. The van der Waals surface area contributed by atoms with Crippen molar-refractivity contribution in [1.82, 2.24) is 19.5 Å². The predicted molar refractivity (Wildman–Crippen MR) is 104 cm³/mol. The second kappa shape index (κ2) is 6.23. The number of hydrogen-bond donors (Lipinski definition) is 0. The molecule has 1 aliphatic heterocycles. The Morgan fingerprint density at radius 3 is 2.77 bits per heavy atom. The van der Waals surface area contributed by atoms with Crippen molar-refractivity contribution in [3.63, 3.8) is 0 Å².